The van der Waals surface area contributed by atoms with Crippen molar-refractivity contribution in [2.75, 3.05) is 13.2 Å². The van der Waals surface area contributed by atoms with Gasteiger partial charge in [-0.25, -0.2) is 0 Å². The van der Waals surface area contributed by atoms with Gasteiger partial charge in [0.25, 0.3) is 0 Å². The highest BCUT2D eigenvalue weighted by Crippen LogP contribution is 2.38. The van der Waals surface area contributed by atoms with Crippen LogP contribution in [-0.4, -0.2) is 46.0 Å². The molecule has 0 radical (unpaired) electrons. The van der Waals surface area contributed by atoms with Crippen LogP contribution in [0.5, 0.6) is 0 Å². The molecule has 2 aliphatic heterocycles. The van der Waals surface area contributed by atoms with E-state index in [1.54, 1.807) is 0 Å². The summed E-state index contributed by atoms with van der Waals surface area (Å²) in [6.45, 7) is 7.76. The van der Waals surface area contributed by atoms with Gasteiger partial charge < -0.3 is 4.74 Å². The maximum absolute atomic E-state index is 6.24. The molecule has 4 heteroatoms. The first-order chi connectivity index (χ1) is 13.2. The first kappa shape index (κ1) is 17.7. The predicted octanol–water partition coefficient (Wildman–Crippen LogP) is 4.40. The molecule has 0 spiro atoms. The van der Waals surface area contributed by atoms with Crippen LogP contribution in [0, 0.1) is 18.8 Å². The van der Waals surface area contributed by atoms with Crippen molar-refractivity contribution in [3.05, 3.63) is 30.0 Å². The van der Waals surface area contributed by atoms with E-state index in [0.717, 1.165) is 31.2 Å². The van der Waals surface area contributed by atoms with E-state index in [-0.39, 0.29) is 0 Å². The van der Waals surface area contributed by atoms with Gasteiger partial charge in [-0.2, -0.15) is 5.10 Å². The lowest BCUT2D eigenvalue weighted by molar-refractivity contribution is -0.0276. The van der Waals surface area contributed by atoms with Crippen molar-refractivity contribution in [2.24, 2.45) is 11.8 Å². The molecule has 1 saturated carbocycles. The molecular weight excluding hydrogens is 334 g/mol. The number of benzene rings is 1. The zero-order chi connectivity index (χ0) is 18.4. The van der Waals surface area contributed by atoms with Crippen LogP contribution >= 0.6 is 0 Å². The zero-order valence-corrected chi connectivity index (χ0v) is 16.8. The molecular formula is C23H33N3O. The molecule has 1 aromatic carbocycles. The Morgan fingerprint density at radius 3 is 2.63 bits per heavy atom. The Morgan fingerprint density at radius 2 is 1.89 bits per heavy atom. The second kappa shape index (κ2) is 7.21. The fourth-order valence-electron chi connectivity index (χ4n) is 5.25. The standard InChI is InChI=1S/C23H33N3O/c1-16-3-6-19-12-24-26(23(19)9-16)14-17(2)13-25-20-7-8-21(25)11-22(10-20)27-15-18-4-5-18/h3,6,9,12,17-18,20-22H,4-5,7-8,10-11,13-15H2,1-2H3. The average Bonchev–Trinajstić information content (AvgIpc) is 3.37. The van der Waals surface area contributed by atoms with Crippen molar-refractivity contribution in [1.29, 1.82) is 0 Å². The van der Waals surface area contributed by atoms with E-state index in [1.165, 1.54) is 61.5 Å². The quantitative estimate of drug-likeness (QED) is 0.726. The van der Waals surface area contributed by atoms with Crippen molar-refractivity contribution in [2.45, 2.75) is 77.1 Å². The Balaban J connectivity index is 1.19. The van der Waals surface area contributed by atoms with Crippen LogP contribution in [0.2, 0.25) is 0 Å². The van der Waals surface area contributed by atoms with Crippen molar-refractivity contribution < 1.29 is 4.74 Å². The van der Waals surface area contributed by atoms with Gasteiger partial charge in [-0.1, -0.05) is 19.1 Å². The van der Waals surface area contributed by atoms with Crippen molar-refractivity contribution in [1.82, 2.24) is 14.7 Å². The molecule has 0 N–H and O–H groups in total. The van der Waals surface area contributed by atoms with Crippen LogP contribution in [0.15, 0.2) is 24.4 Å². The highest BCUT2D eigenvalue weighted by atomic mass is 16.5. The second-order valence-corrected chi connectivity index (χ2v) is 9.45. The minimum Gasteiger partial charge on any atom is -0.378 e. The summed E-state index contributed by atoms with van der Waals surface area (Å²) in [5.74, 6) is 1.49. The molecule has 3 aliphatic rings. The Bertz CT molecular complexity index is 782. The van der Waals surface area contributed by atoms with Gasteiger partial charge in [0, 0.05) is 37.2 Å². The van der Waals surface area contributed by atoms with Gasteiger partial charge >= 0.3 is 0 Å². The maximum Gasteiger partial charge on any atom is 0.0685 e. The topological polar surface area (TPSA) is 30.3 Å². The molecule has 3 fully saturated rings. The van der Waals surface area contributed by atoms with Crippen LogP contribution in [-0.2, 0) is 11.3 Å². The summed E-state index contributed by atoms with van der Waals surface area (Å²) in [6.07, 6.45) is 10.5. The Hall–Kier alpha value is -1.39. The number of ether oxygens (including phenoxy) is 1. The van der Waals surface area contributed by atoms with E-state index in [1.807, 2.05) is 6.20 Å². The molecule has 4 nitrogen and oxygen atoms in total. The van der Waals surface area contributed by atoms with Crippen molar-refractivity contribution in [3.8, 4) is 0 Å². The lowest BCUT2D eigenvalue weighted by Crippen LogP contribution is -2.47. The monoisotopic (exact) mass is 367 g/mol. The summed E-state index contributed by atoms with van der Waals surface area (Å²) in [4.78, 5) is 2.80. The molecule has 5 rings (SSSR count). The molecule has 0 amide bonds. The zero-order valence-electron chi connectivity index (χ0n) is 16.8. The molecule has 2 saturated heterocycles. The van der Waals surface area contributed by atoms with Gasteiger partial charge in [-0.15, -0.1) is 0 Å². The average molecular weight is 368 g/mol. The van der Waals surface area contributed by atoms with E-state index < -0.39 is 0 Å². The number of aryl methyl sites for hydroxylation is 1. The van der Waals surface area contributed by atoms with Gasteiger partial charge in [0.1, 0.15) is 0 Å². The third-order valence-electron chi connectivity index (χ3n) is 6.91. The van der Waals surface area contributed by atoms with Crippen LogP contribution in [0.25, 0.3) is 10.9 Å². The summed E-state index contributed by atoms with van der Waals surface area (Å²) in [5, 5.41) is 5.91. The Labute approximate surface area is 162 Å². The summed E-state index contributed by atoms with van der Waals surface area (Å²) < 4.78 is 8.45. The lowest BCUT2D eigenvalue weighted by atomic mass is 9.98. The highest BCUT2D eigenvalue weighted by molar-refractivity contribution is 5.79. The maximum atomic E-state index is 6.24. The number of aromatic nitrogens is 2. The fraction of sp³-hybridized carbons (Fsp3) is 0.696. The molecule has 27 heavy (non-hydrogen) atoms. The van der Waals surface area contributed by atoms with Crippen LogP contribution in [0.3, 0.4) is 0 Å². The van der Waals surface area contributed by atoms with Crippen molar-refractivity contribution in [3.63, 3.8) is 0 Å². The van der Waals surface area contributed by atoms with E-state index in [4.69, 9.17) is 4.74 Å². The van der Waals surface area contributed by atoms with Crippen molar-refractivity contribution >= 4 is 10.9 Å². The number of hydrogen-bond donors (Lipinski definition) is 0. The summed E-state index contributed by atoms with van der Waals surface area (Å²) in [6, 6.07) is 8.11. The summed E-state index contributed by atoms with van der Waals surface area (Å²) in [7, 11) is 0. The van der Waals surface area contributed by atoms with Gasteiger partial charge in [0.15, 0.2) is 0 Å². The van der Waals surface area contributed by atoms with Crippen LogP contribution in [0.1, 0.15) is 51.0 Å². The molecule has 1 aliphatic carbocycles. The number of rotatable bonds is 7. The minimum absolute atomic E-state index is 0.521. The molecule has 1 aromatic heterocycles. The Morgan fingerprint density at radius 1 is 1.11 bits per heavy atom. The van der Waals surface area contributed by atoms with E-state index in [9.17, 15) is 0 Å². The number of fused-ring (bicyclic) bond motifs is 3. The third-order valence-corrected chi connectivity index (χ3v) is 6.91. The van der Waals surface area contributed by atoms with E-state index in [0.29, 0.717) is 12.0 Å². The normalized spacial score (nSPS) is 29.5. The smallest absolute Gasteiger partial charge is 0.0685 e. The predicted molar refractivity (Wildman–Crippen MR) is 109 cm³/mol. The minimum atomic E-state index is 0.521. The molecule has 2 aromatic rings. The molecule has 2 bridgehead atoms. The van der Waals surface area contributed by atoms with Gasteiger partial charge in [-0.05, 0) is 68.9 Å². The first-order valence-corrected chi connectivity index (χ1v) is 10.9. The SMILES string of the molecule is Cc1ccc2cnn(CC(C)CN3C4CCC3CC(OCC3CC3)C4)c2c1. The number of piperidine rings is 1. The van der Waals surface area contributed by atoms with Crippen LogP contribution < -0.4 is 0 Å². The lowest BCUT2D eigenvalue weighted by Gasteiger charge is -2.40. The second-order valence-electron chi connectivity index (χ2n) is 9.45. The number of hydrogen-bond acceptors (Lipinski definition) is 3. The third kappa shape index (κ3) is 3.79. The Kier molecular flexibility index (Phi) is 4.73. The van der Waals surface area contributed by atoms with E-state index in [2.05, 4.69) is 46.7 Å². The summed E-state index contributed by atoms with van der Waals surface area (Å²) >= 11 is 0. The highest BCUT2D eigenvalue weighted by Gasteiger charge is 2.41. The van der Waals surface area contributed by atoms with Gasteiger partial charge in [0.2, 0.25) is 0 Å². The molecule has 3 heterocycles. The molecule has 3 unspecified atom stereocenters. The van der Waals surface area contributed by atoms with Gasteiger partial charge in [-0.3, -0.25) is 9.58 Å². The fourth-order valence-corrected chi connectivity index (χ4v) is 5.25. The first-order valence-electron chi connectivity index (χ1n) is 10.9. The largest absolute Gasteiger partial charge is 0.378 e. The van der Waals surface area contributed by atoms with Gasteiger partial charge in [0.05, 0.1) is 17.8 Å². The molecule has 3 atom stereocenters. The van der Waals surface area contributed by atoms with Crippen LogP contribution in [0.4, 0.5) is 0 Å². The summed E-state index contributed by atoms with van der Waals surface area (Å²) in [5.41, 5.74) is 2.58. The van der Waals surface area contributed by atoms with E-state index >= 15 is 0 Å². The molecule has 146 valence electrons. The number of nitrogens with zero attached hydrogens (tertiary/aromatic N) is 3.